The summed E-state index contributed by atoms with van der Waals surface area (Å²) in [5.74, 6) is -0.126. The van der Waals surface area contributed by atoms with Gasteiger partial charge in [0, 0.05) is 42.9 Å². The second-order valence-electron chi connectivity index (χ2n) is 7.21. The maximum Gasteiger partial charge on any atom is 0.291 e. The second kappa shape index (κ2) is 9.43. The summed E-state index contributed by atoms with van der Waals surface area (Å²) in [6.45, 7) is 10.3. The van der Waals surface area contributed by atoms with Gasteiger partial charge < -0.3 is 15.1 Å². The van der Waals surface area contributed by atoms with Gasteiger partial charge in [-0.05, 0) is 38.2 Å². The summed E-state index contributed by atoms with van der Waals surface area (Å²) >= 11 is 1.76. The first kappa shape index (κ1) is 20.0. The molecule has 0 aliphatic carbocycles. The van der Waals surface area contributed by atoms with Crippen molar-refractivity contribution in [1.82, 2.24) is 30.3 Å². The van der Waals surface area contributed by atoms with Gasteiger partial charge in [-0.1, -0.05) is 13.8 Å². The van der Waals surface area contributed by atoms with Crippen molar-refractivity contribution in [3.8, 4) is 0 Å². The summed E-state index contributed by atoms with van der Waals surface area (Å²) in [6, 6.07) is 5.89. The number of nitrogens with one attached hydrogen (secondary N) is 1. The Morgan fingerprint density at radius 2 is 1.96 bits per heavy atom. The number of hydrogen-bond donors (Lipinski definition) is 1. The Hall–Kier alpha value is -1.77. The maximum atomic E-state index is 12.3. The Labute approximate surface area is 164 Å². The third-order valence-electron chi connectivity index (χ3n) is 4.53. The fourth-order valence-electron chi connectivity index (χ4n) is 3.01. The Morgan fingerprint density at radius 3 is 2.70 bits per heavy atom. The van der Waals surface area contributed by atoms with Crippen molar-refractivity contribution >= 4 is 28.7 Å². The first-order valence-corrected chi connectivity index (χ1v) is 10.4. The Morgan fingerprint density at radius 1 is 1.19 bits per heavy atom. The van der Waals surface area contributed by atoms with E-state index in [4.69, 9.17) is 0 Å². The molecule has 2 heterocycles. The fourth-order valence-corrected chi connectivity index (χ4v) is 3.88. The number of carbonyl (C=O) groups excluding carboxylic acids is 1. The highest BCUT2D eigenvalue weighted by atomic mass is 32.2. The number of carbonyl (C=O) groups is 1. The van der Waals surface area contributed by atoms with Crippen molar-refractivity contribution in [2.24, 2.45) is 0 Å². The number of fused-ring (bicyclic) bond motifs is 1. The number of aromatic nitrogens is 3. The van der Waals surface area contributed by atoms with E-state index in [1.54, 1.807) is 11.8 Å². The lowest BCUT2D eigenvalue weighted by molar-refractivity contribution is 0.0938. The van der Waals surface area contributed by atoms with E-state index in [0.29, 0.717) is 22.8 Å². The average Bonchev–Trinajstić information content (AvgIpc) is 2.65. The van der Waals surface area contributed by atoms with Crippen LogP contribution >= 0.6 is 11.8 Å². The van der Waals surface area contributed by atoms with Crippen molar-refractivity contribution < 1.29 is 4.79 Å². The molecule has 0 unspecified atom stereocenters. The molecule has 2 aromatic rings. The number of thioether (sulfide) groups is 1. The average molecular weight is 389 g/mol. The number of likely N-dealkylation sites (N-methyl/N-ethyl adjacent to an activating group) is 1. The molecule has 0 radical (unpaired) electrons. The van der Waals surface area contributed by atoms with Gasteiger partial charge in [-0.3, -0.25) is 4.79 Å². The standard InChI is InChI=1S/C19H28N6OS/c1-14(2)27-15-5-6-16-17(13-15)21-18(23-22-16)19(26)20-7-4-8-25-11-9-24(3)10-12-25/h5-6,13-14H,4,7-12H2,1-3H3,(H,20,26). The van der Waals surface area contributed by atoms with Crippen LogP contribution in [0.4, 0.5) is 0 Å². The van der Waals surface area contributed by atoms with Crippen LogP contribution in [0.15, 0.2) is 23.1 Å². The number of rotatable bonds is 7. The number of benzene rings is 1. The zero-order valence-electron chi connectivity index (χ0n) is 16.3. The minimum atomic E-state index is -0.260. The van der Waals surface area contributed by atoms with Crippen LogP contribution in [0.25, 0.3) is 11.0 Å². The maximum absolute atomic E-state index is 12.3. The van der Waals surface area contributed by atoms with Gasteiger partial charge in [-0.15, -0.1) is 22.0 Å². The Bertz CT molecular complexity index is 776. The van der Waals surface area contributed by atoms with E-state index in [2.05, 4.69) is 51.2 Å². The molecule has 1 aromatic heterocycles. The normalized spacial score (nSPS) is 16.1. The van der Waals surface area contributed by atoms with Crippen LogP contribution in [0.3, 0.4) is 0 Å². The fraction of sp³-hybridized carbons (Fsp3) is 0.579. The lowest BCUT2D eigenvalue weighted by atomic mass is 10.3. The van der Waals surface area contributed by atoms with E-state index in [-0.39, 0.29) is 11.7 Å². The number of hydrogen-bond acceptors (Lipinski definition) is 7. The first-order valence-electron chi connectivity index (χ1n) is 9.51. The van der Waals surface area contributed by atoms with Crippen LogP contribution in [0, 0.1) is 0 Å². The predicted octanol–water partition coefficient (Wildman–Crippen LogP) is 1.89. The van der Waals surface area contributed by atoms with Crippen molar-refractivity contribution in [2.75, 3.05) is 46.3 Å². The monoisotopic (exact) mass is 388 g/mol. The molecule has 1 fully saturated rings. The van der Waals surface area contributed by atoms with E-state index in [0.717, 1.165) is 44.0 Å². The largest absolute Gasteiger partial charge is 0.349 e. The highest BCUT2D eigenvalue weighted by Crippen LogP contribution is 2.25. The van der Waals surface area contributed by atoms with E-state index in [1.165, 1.54) is 0 Å². The van der Waals surface area contributed by atoms with Crippen molar-refractivity contribution in [3.63, 3.8) is 0 Å². The van der Waals surface area contributed by atoms with Gasteiger partial charge in [-0.2, -0.15) is 0 Å². The molecule has 1 aliphatic heterocycles. The van der Waals surface area contributed by atoms with Crippen LogP contribution in [0.2, 0.25) is 0 Å². The SMILES string of the molecule is CC(C)Sc1ccc2nnc(C(=O)NCCCN3CCN(C)CC3)nc2c1. The summed E-state index contributed by atoms with van der Waals surface area (Å²) < 4.78 is 0. The second-order valence-corrected chi connectivity index (χ2v) is 8.86. The topological polar surface area (TPSA) is 74.2 Å². The molecular weight excluding hydrogens is 360 g/mol. The van der Waals surface area contributed by atoms with E-state index in [9.17, 15) is 4.79 Å². The van der Waals surface area contributed by atoms with Gasteiger partial charge in [-0.25, -0.2) is 4.98 Å². The molecule has 146 valence electrons. The molecule has 1 aliphatic rings. The van der Waals surface area contributed by atoms with E-state index >= 15 is 0 Å². The van der Waals surface area contributed by atoms with E-state index < -0.39 is 0 Å². The zero-order valence-corrected chi connectivity index (χ0v) is 17.1. The molecular formula is C19H28N6OS. The summed E-state index contributed by atoms with van der Waals surface area (Å²) in [4.78, 5) is 22.6. The third kappa shape index (κ3) is 5.85. The van der Waals surface area contributed by atoms with Crippen LogP contribution in [0.5, 0.6) is 0 Å². The predicted molar refractivity (Wildman–Crippen MR) is 109 cm³/mol. The molecule has 1 amide bonds. The highest BCUT2D eigenvalue weighted by molar-refractivity contribution is 7.99. The molecule has 3 rings (SSSR count). The zero-order chi connectivity index (χ0) is 19.2. The van der Waals surface area contributed by atoms with Crippen LogP contribution in [-0.4, -0.2) is 82.5 Å². The molecule has 0 atom stereocenters. The Kier molecular flexibility index (Phi) is 6.98. The van der Waals surface area contributed by atoms with Crippen LogP contribution in [0.1, 0.15) is 30.9 Å². The smallest absolute Gasteiger partial charge is 0.291 e. The number of piperazine rings is 1. The lowest BCUT2D eigenvalue weighted by Gasteiger charge is -2.32. The lowest BCUT2D eigenvalue weighted by Crippen LogP contribution is -2.45. The van der Waals surface area contributed by atoms with Gasteiger partial charge >= 0.3 is 0 Å². The molecule has 0 saturated carbocycles. The van der Waals surface area contributed by atoms with Crippen molar-refractivity contribution in [2.45, 2.75) is 30.4 Å². The molecule has 27 heavy (non-hydrogen) atoms. The number of amides is 1. The summed E-state index contributed by atoms with van der Waals surface area (Å²) in [5.41, 5.74) is 1.41. The van der Waals surface area contributed by atoms with Gasteiger partial charge in [0.25, 0.3) is 5.91 Å². The summed E-state index contributed by atoms with van der Waals surface area (Å²) in [6.07, 6.45) is 0.922. The van der Waals surface area contributed by atoms with Crippen LogP contribution < -0.4 is 5.32 Å². The first-order chi connectivity index (χ1) is 13.0. The molecule has 1 saturated heterocycles. The molecule has 1 aromatic carbocycles. The quantitative estimate of drug-likeness (QED) is 0.573. The minimum Gasteiger partial charge on any atom is -0.349 e. The molecule has 7 nitrogen and oxygen atoms in total. The Balaban J connectivity index is 1.52. The number of nitrogens with zero attached hydrogens (tertiary/aromatic N) is 5. The summed E-state index contributed by atoms with van der Waals surface area (Å²) in [5, 5.41) is 11.5. The van der Waals surface area contributed by atoms with E-state index in [1.807, 2.05) is 18.2 Å². The van der Waals surface area contributed by atoms with Crippen molar-refractivity contribution in [3.05, 3.63) is 24.0 Å². The van der Waals surface area contributed by atoms with Gasteiger partial charge in [0.05, 0.1) is 5.52 Å². The summed E-state index contributed by atoms with van der Waals surface area (Å²) in [7, 11) is 2.15. The van der Waals surface area contributed by atoms with Gasteiger partial charge in [0.15, 0.2) is 0 Å². The molecule has 1 N–H and O–H groups in total. The minimum absolute atomic E-state index is 0.133. The third-order valence-corrected chi connectivity index (χ3v) is 5.53. The van der Waals surface area contributed by atoms with Crippen molar-refractivity contribution in [1.29, 1.82) is 0 Å². The molecule has 0 bridgehead atoms. The molecule has 8 heteroatoms. The highest BCUT2D eigenvalue weighted by Gasteiger charge is 2.14. The van der Waals surface area contributed by atoms with Gasteiger partial charge in [0.1, 0.15) is 5.52 Å². The molecule has 0 spiro atoms. The van der Waals surface area contributed by atoms with Crippen LogP contribution in [-0.2, 0) is 0 Å². The van der Waals surface area contributed by atoms with Gasteiger partial charge in [0.2, 0.25) is 5.82 Å².